The van der Waals surface area contributed by atoms with E-state index in [0.717, 1.165) is 100 Å². The minimum atomic E-state index is -0.455. The van der Waals surface area contributed by atoms with Crippen LogP contribution in [0.5, 0.6) is 0 Å². The number of nitriles is 1. The van der Waals surface area contributed by atoms with Gasteiger partial charge in [0.15, 0.2) is 17.4 Å². The van der Waals surface area contributed by atoms with Gasteiger partial charge in [-0.1, -0.05) is 63.0 Å². The first-order valence-electron chi connectivity index (χ1n) is 25.7. The first-order chi connectivity index (χ1) is 31.6. The molecule has 0 aromatic heterocycles. The fraction of sp³-hybridized carbons (Fsp3) is 0.759. The SMILES string of the molecule is C.C=C([CH2-])C.C=CCC12CCCC([C@@H](O)CC(=C)C)C1C1(CC2)OCCO1.C=CCC12CCCC([C@H](O)CC(=C)C)C1C1(CC2)OCCO1.C=CC[C@@]12CCC[C@@H](C#N)[C@@H]1C1(CC2)OCCO1.[Cl-].[Mg+2]. The summed E-state index contributed by atoms with van der Waals surface area (Å²) in [6, 6.07) is 2.52. The van der Waals surface area contributed by atoms with Crippen molar-refractivity contribution in [3.05, 3.63) is 81.3 Å². The molecule has 9 rings (SSSR count). The van der Waals surface area contributed by atoms with Gasteiger partial charge in [-0.2, -0.15) is 5.26 Å². The van der Waals surface area contributed by atoms with Crippen LogP contribution in [0.2, 0.25) is 0 Å². The second-order valence-corrected chi connectivity index (χ2v) is 22.2. The molecule has 0 bridgehead atoms. The number of ether oxygens (including phenoxy) is 6. The molecule has 11 heteroatoms. The summed E-state index contributed by atoms with van der Waals surface area (Å²) in [5, 5.41) is 31.1. The first-order valence-corrected chi connectivity index (χ1v) is 25.7. The molecule has 6 saturated carbocycles. The Balaban J connectivity index is 0.000000259. The van der Waals surface area contributed by atoms with Gasteiger partial charge in [0.25, 0.3) is 0 Å². The Hall–Kier alpha value is -1.46. The van der Waals surface area contributed by atoms with Gasteiger partial charge in [-0.25, -0.2) is 19.1 Å². The van der Waals surface area contributed by atoms with Gasteiger partial charge in [-0.15, -0.1) is 32.9 Å². The zero-order valence-corrected chi connectivity index (χ0v) is 44.7. The fourth-order valence-corrected chi connectivity index (χ4v) is 15.5. The maximum atomic E-state index is 10.8. The minimum absolute atomic E-state index is 0. The van der Waals surface area contributed by atoms with Gasteiger partial charge in [-0.3, -0.25) is 0 Å². The van der Waals surface area contributed by atoms with Gasteiger partial charge in [0.1, 0.15) is 0 Å². The number of nitrogens with zero attached hydrogens (tertiary/aromatic N) is 1. The van der Waals surface area contributed by atoms with Crippen molar-refractivity contribution in [2.24, 2.45) is 51.8 Å². The number of hydrogen-bond acceptors (Lipinski definition) is 9. The normalized spacial score (nSPS) is 35.4. The van der Waals surface area contributed by atoms with E-state index in [1.54, 1.807) is 0 Å². The monoisotopic (exact) mass is 990 g/mol. The first kappa shape index (κ1) is 61.8. The van der Waals surface area contributed by atoms with E-state index < -0.39 is 17.4 Å². The Labute approximate surface area is 441 Å². The van der Waals surface area contributed by atoms with Crippen molar-refractivity contribution >= 4 is 23.1 Å². The van der Waals surface area contributed by atoms with Gasteiger partial charge in [0.2, 0.25) is 0 Å². The van der Waals surface area contributed by atoms with Crippen LogP contribution in [-0.2, 0) is 28.4 Å². The fourth-order valence-electron chi connectivity index (χ4n) is 15.5. The Morgan fingerprint density at radius 2 is 0.870 bits per heavy atom. The standard InChI is InChI=1S/2C19H30O3.C15H21NO2.C4H7.CH4.ClH.Mg/c2*1-4-7-18-8-5-6-15(16(20)13-14(2)3)17(18)19(10-9-18)21-11-12-22-19;1-2-5-14-6-3-4-12(11-16)13(14)15(8-7-14)17-9-10-18-15;1-4(2)3;;;/h2*4,15-17,20H,1-2,5-13H2,3H3;2,12-13H,1,3-10H2;1-2H2,3H3;1H4;1H;/q;;;-1;;;+2/p-1/t2*15?,16-,17?,18?;12-,13-,14-;;;;/m100..../s1. The predicted octanol–water partition coefficient (Wildman–Crippen LogP) is 9.34. The molecular formula is C58H92ClMgNO8. The molecule has 2 N–H and O–H groups in total. The molecule has 0 radical (unpaired) electrons. The Bertz CT molecular complexity index is 1660. The van der Waals surface area contributed by atoms with Gasteiger partial charge in [-0.05, 0) is 132 Å². The van der Waals surface area contributed by atoms with Crippen LogP contribution >= 0.6 is 0 Å². The minimum Gasteiger partial charge on any atom is -1.00 e. The van der Waals surface area contributed by atoms with Crippen molar-refractivity contribution in [3.63, 3.8) is 0 Å². The summed E-state index contributed by atoms with van der Waals surface area (Å²) in [4.78, 5) is 0. The van der Waals surface area contributed by atoms with Gasteiger partial charge in [0.05, 0.1) is 63.8 Å². The second-order valence-electron chi connectivity index (χ2n) is 22.2. The number of fused-ring (bicyclic) bond motifs is 6. The Morgan fingerprint density at radius 3 is 1.16 bits per heavy atom. The summed E-state index contributed by atoms with van der Waals surface area (Å²) >= 11 is 0. The summed E-state index contributed by atoms with van der Waals surface area (Å²) in [7, 11) is 0. The molecule has 6 unspecified atom stereocenters. The number of halogens is 1. The number of rotatable bonds is 12. The topological polar surface area (TPSA) is 120 Å². The molecule has 0 amide bonds. The molecule has 0 aromatic carbocycles. The van der Waals surface area contributed by atoms with E-state index >= 15 is 0 Å². The van der Waals surface area contributed by atoms with Crippen LogP contribution in [0.25, 0.3) is 0 Å². The number of allylic oxidation sites excluding steroid dienone is 4. The molecule has 6 aliphatic carbocycles. The molecule has 11 atom stereocenters. The van der Waals surface area contributed by atoms with E-state index in [4.69, 9.17) is 28.4 Å². The van der Waals surface area contributed by atoms with E-state index in [1.165, 1.54) is 32.1 Å². The third-order valence-corrected chi connectivity index (χ3v) is 17.4. The molecule has 3 heterocycles. The zero-order chi connectivity index (χ0) is 47.8. The van der Waals surface area contributed by atoms with E-state index in [-0.39, 0.29) is 107 Å². The molecule has 386 valence electrons. The quantitative estimate of drug-likeness (QED) is 0.112. The van der Waals surface area contributed by atoms with Crippen molar-refractivity contribution in [1.82, 2.24) is 0 Å². The largest absolute Gasteiger partial charge is 2.00 e. The van der Waals surface area contributed by atoms with Gasteiger partial charge in [0, 0.05) is 37.0 Å². The smallest absolute Gasteiger partial charge is 1.00 e. The van der Waals surface area contributed by atoms with Crippen LogP contribution in [0.3, 0.4) is 0 Å². The molecule has 9 nitrogen and oxygen atoms in total. The number of aliphatic hydroxyl groups excluding tert-OH is 2. The molecule has 3 spiro atoms. The summed E-state index contributed by atoms with van der Waals surface area (Å²) in [6.45, 7) is 36.7. The molecule has 0 aromatic rings. The summed E-state index contributed by atoms with van der Waals surface area (Å²) in [6.07, 6.45) is 26.3. The predicted molar refractivity (Wildman–Crippen MR) is 275 cm³/mol. The molecule has 3 saturated heterocycles. The van der Waals surface area contributed by atoms with E-state index in [2.05, 4.69) is 64.6 Å². The average molecular weight is 991 g/mol. The third kappa shape index (κ3) is 13.1. The number of hydrogen-bond donors (Lipinski definition) is 2. The second kappa shape index (κ2) is 26.7. The van der Waals surface area contributed by atoms with Crippen LogP contribution in [0.1, 0.15) is 157 Å². The third-order valence-electron chi connectivity index (χ3n) is 17.4. The number of aliphatic hydroxyl groups is 2. The van der Waals surface area contributed by atoms with E-state index in [9.17, 15) is 15.5 Å². The average Bonchev–Trinajstić information content (AvgIpc) is 4.15. The molecular weight excluding hydrogens is 898 g/mol. The van der Waals surface area contributed by atoms with Crippen molar-refractivity contribution < 1.29 is 51.0 Å². The molecule has 3 aliphatic heterocycles. The van der Waals surface area contributed by atoms with Crippen molar-refractivity contribution in [3.8, 4) is 6.07 Å². The van der Waals surface area contributed by atoms with E-state index in [0.29, 0.717) is 52.5 Å². The maximum Gasteiger partial charge on any atom is 2.00 e. The van der Waals surface area contributed by atoms with Crippen LogP contribution in [0.15, 0.2) is 74.4 Å². The van der Waals surface area contributed by atoms with Crippen LogP contribution in [-0.4, -0.2) is 102 Å². The van der Waals surface area contributed by atoms with Crippen LogP contribution in [0, 0.1) is 70.0 Å². The zero-order valence-electron chi connectivity index (χ0n) is 42.6. The van der Waals surface area contributed by atoms with Crippen molar-refractivity contribution in [2.45, 2.75) is 186 Å². The molecule has 69 heavy (non-hydrogen) atoms. The summed E-state index contributed by atoms with van der Waals surface area (Å²) < 4.78 is 36.5. The van der Waals surface area contributed by atoms with Crippen LogP contribution < -0.4 is 12.4 Å². The van der Waals surface area contributed by atoms with E-state index in [1.807, 2.05) is 26.8 Å². The van der Waals surface area contributed by atoms with Crippen molar-refractivity contribution in [2.75, 3.05) is 39.6 Å². The molecule has 9 fully saturated rings. The van der Waals surface area contributed by atoms with Gasteiger partial charge < -0.3 is 51.0 Å². The van der Waals surface area contributed by atoms with Crippen molar-refractivity contribution in [1.29, 1.82) is 5.26 Å². The van der Waals surface area contributed by atoms with Gasteiger partial charge >= 0.3 is 23.1 Å². The summed E-state index contributed by atoms with van der Waals surface area (Å²) in [5.41, 5.74) is 3.61. The maximum absolute atomic E-state index is 10.8. The molecule has 9 aliphatic rings. The van der Waals surface area contributed by atoms with Crippen LogP contribution in [0.4, 0.5) is 0 Å². The Kier molecular flexibility index (Phi) is 23.9. The Morgan fingerprint density at radius 1 is 0.580 bits per heavy atom. The summed E-state index contributed by atoms with van der Waals surface area (Å²) in [5.74, 6) is 0.00532.